The Labute approximate surface area is 120 Å². The first-order valence-corrected chi connectivity index (χ1v) is 6.63. The fraction of sp³-hybridized carbons (Fsp3) is 0.533. The molecule has 0 saturated heterocycles. The number of hydrogen-bond acceptors (Lipinski definition) is 4. The van der Waals surface area contributed by atoms with Gasteiger partial charge in [-0.3, -0.25) is 4.84 Å². The van der Waals surface area contributed by atoms with Crippen LogP contribution in [0.1, 0.15) is 33.3 Å². The van der Waals surface area contributed by atoms with Crippen molar-refractivity contribution in [2.45, 2.75) is 45.9 Å². The van der Waals surface area contributed by atoms with Crippen molar-refractivity contribution in [2.24, 2.45) is 0 Å². The molecule has 0 aliphatic heterocycles. The number of nitrogens with zero attached hydrogens (tertiary/aromatic N) is 1. The fourth-order valence-corrected chi connectivity index (χ4v) is 1.46. The molecule has 0 radical (unpaired) electrons. The molecular weight excluding hydrogens is 258 g/mol. The summed E-state index contributed by atoms with van der Waals surface area (Å²) in [5, 5.41) is 10.3. The number of rotatable bonds is 5. The Hall–Kier alpha value is -1.59. The zero-order valence-electron chi connectivity index (χ0n) is 12.5. The van der Waals surface area contributed by atoms with Crippen LogP contribution in [0.15, 0.2) is 30.3 Å². The highest BCUT2D eigenvalue weighted by Gasteiger charge is 2.26. The van der Waals surface area contributed by atoms with Crippen LogP contribution in [0.3, 0.4) is 0 Å². The fourth-order valence-electron chi connectivity index (χ4n) is 1.46. The minimum Gasteiger partial charge on any atom is -0.442 e. The van der Waals surface area contributed by atoms with Gasteiger partial charge in [-0.15, -0.1) is 0 Å². The molecule has 1 rings (SSSR count). The monoisotopic (exact) mass is 281 g/mol. The van der Waals surface area contributed by atoms with Gasteiger partial charge >= 0.3 is 6.09 Å². The normalized spacial score (nSPS) is 12.8. The van der Waals surface area contributed by atoms with Gasteiger partial charge in [-0.2, -0.15) is 5.06 Å². The average molecular weight is 281 g/mol. The summed E-state index contributed by atoms with van der Waals surface area (Å²) in [4.78, 5) is 17.5. The molecular formula is C15H23NO4. The maximum Gasteiger partial charge on any atom is 0.434 e. The summed E-state index contributed by atoms with van der Waals surface area (Å²) in [7, 11) is 0. The second-order valence-corrected chi connectivity index (χ2v) is 5.60. The van der Waals surface area contributed by atoms with Crippen LogP contribution in [-0.4, -0.2) is 34.5 Å². The summed E-state index contributed by atoms with van der Waals surface area (Å²) in [5.41, 5.74) is 0.326. The van der Waals surface area contributed by atoms with Gasteiger partial charge in [0, 0.05) is 0 Å². The molecule has 0 saturated carbocycles. The Balaban J connectivity index is 2.67. The van der Waals surface area contributed by atoms with Crippen molar-refractivity contribution in [1.29, 1.82) is 0 Å². The van der Waals surface area contributed by atoms with Gasteiger partial charge in [0.15, 0.2) is 0 Å². The first kappa shape index (κ1) is 16.5. The van der Waals surface area contributed by atoms with Crippen LogP contribution in [-0.2, 0) is 16.2 Å². The second-order valence-electron chi connectivity index (χ2n) is 5.60. The summed E-state index contributed by atoms with van der Waals surface area (Å²) < 4.78 is 5.26. The van der Waals surface area contributed by atoms with E-state index in [1.54, 1.807) is 27.7 Å². The number of hydrogen-bond donors (Lipinski definition) is 1. The van der Waals surface area contributed by atoms with Crippen molar-refractivity contribution in [1.82, 2.24) is 5.06 Å². The zero-order valence-corrected chi connectivity index (χ0v) is 12.5. The molecule has 1 atom stereocenters. The zero-order chi connectivity index (χ0) is 15.2. The highest BCUT2D eigenvalue weighted by atomic mass is 16.7. The topological polar surface area (TPSA) is 59.0 Å². The summed E-state index contributed by atoms with van der Waals surface area (Å²) in [5.74, 6) is 0. The van der Waals surface area contributed by atoms with Crippen LogP contribution in [0, 0.1) is 0 Å². The van der Waals surface area contributed by atoms with Gasteiger partial charge in [-0.1, -0.05) is 30.3 Å². The molecule has 5 heteroatoms. The lowest BCUT2D eigenvalue weighted by molar-refractivity contribution is -0.181. The van der Waals surface area contributed by atoms with Crippen molar-refractivity contribution < 1.29 is 19.5 Å². The van der Waals surface area contributed by atoms with E-state index in [-0.39, 0.29) is 13.2 Å². The predicted molar refractivity (Wildman–Crippen MR) is 75.9 cm³/mol. The lowest BCUT2D eigenvalue weighted by Gasteiger charge is -2.29. The summed E-state index contributed by atoms with van der Waals surface area (Å²) >= 11 is 0. The van der Waals surface area contributed by atoms with Crippen LogP contribution < -0.4 is 0 Å². The molecule has 0 aliphatic carbocycles. The van der Waals surface area contributed by atoms with E-state index in [1.807, 2.05) is 30.3 Å². The van der Waals surface area contributed by atoms with Crippen molar-refractivity contribution >= 4 is 6.09 Å². The van der Waals surface area contributed by atoms with E-state index in [1.165, 1.54) is 0 Å². The Bertz CT molecular complexity index is 414. The quantitative estimate of drug-likeness (QED) is 0.843. The van der Waals surface area contributed by atoms with Crippen molar-refractivity contribution in [3.05, 3.63) is 35.9 Å². The molecule has 1 unspecified atom stereocenters. The van der Waals surface area contributed by atoms with E-state index in [0.717, 1.165) is 10.6 Å². The van der Waals surface area contributed by atoms with E-state index in [9.17, 15) is 9.90 Å². The van der Waals surface area contributed by atoms with E-state index in [0.29, 0.717) is 0 Å². The summed E-state index contributed by atoms with van der Waals surface area (Å²) in [6.07, 6.45) is -0.602. The van der Waals surface area contributed by atoms with Gasteiger partial charge in [0.1, 0.15) is 12.2 Å². The minimum absolute atomic E-state index is 0.200. The molecule has 1 aromatic rings. The molecule has 5 nitrogen and oxygen atoms in total. The average Bonchev–Trinajstić information content (AvgIpc) is 2.37. The largest absolute Gasteiger partial charge is 0.442 e. The van der Waals surface area contributed by atoms with Crippen LogP contribution in [0.5, 0.6) is 0 Å². The van der Waals surface area contributed by atoms with Crippen LogP contribution in [0.4, 0.5) is 4.79 Å². The van der Waals surface area contributed by atoms with Crippen LogP contribution in [0.25, 0.3) is 0 Å². The number of ether oxygens (including phenoxy) is 1. The van der Waals surface area contributed by atoms with E-state index >= 15 is 0 Å². The Morgan fingerprint density at radius 2 is 1.90 bits per heavy atom. The number of aliphatic hydroxyl groups is 1. The second kappa shape index (κ2) is 7.26. The first-order chi connectivity index (χ1) is 9.33. The predicted octanol–water partition coefficient (Wildman–Crippen LogP) is 2.74. The van der Waals surface area contributed by atoms with Gasteiger partial charge in [-0.25, -0.2) is 4.79 Å². The molecule has 112 valence electrons. The van der Waals surface area contributed by atoms with E-state index in [4.69, 9.17) is 9.57 Å². The molecule has 0 aromatic heterocycles. The summed E-state index contributed by atoms with van der Waals surface area (Å²) in [6, 6.07) is 9.02. The van der Waals surface area contributed by atoms with Gasteiger partial charge in [0.05, 0.1) is 12.6 Å². The Morgan fingerprint density at radius 3 is 2.40 bits per heavy atom. The number of aliphatic hydroxyl groups excluding tert-OH is 1. The molecule has 0 bridgehead atoms. The maximum absolute atomic E-state index is 12.0. The van der Waals surface area contributed by atoms with Crippen molar-refractivity contribution in [3.8, 4) is 0 Å². The molecule has 0 fully saturated rings. The molecule has 0 spiro atoms. The standard InChI is InChI=1S/C15H23NO4/c1-12(10-17)16(14(18)20-15(2,3)4)19-11-13-8-6-5-7-9-13/h5-9,12,17H,10-11H2,1-4H3. The SMILES string of the molecule is CC(CO)N(OCc1ccccc1)C(=O)OC(C)(C)C. The Morgan fingerprint density at radius 1 is 1.30 bits per heavy atom. The van der Waals surface area contributed by atoms with Gasteiger partial charge in [-0.05, 0) is 33.3 Å². The highest BCUT2D eigenvalue weighted by Crippen LogP contribution is 2.14. The van der Waals surface area contributed by atoms with Gasteiger partial charge in [0.2, 0.25) is 0 Å². The molecule has 1 N–H and O–H groups in total. The van der Waals surface area contributed by atoms with Gasteiger partial charge < -0.3 is 9.84 Å². The third-order valence-corrected chi connectivity index (χ3v) is 2.45. The van der Waals surface area contributed by atoms with Crippen LogP contribution >= 0.6 is 0 Å². The summed E-state index contributed by atoms with van der Waals surface area (Å²) in [6.45, 7) is 7.07. The minimum atomic E-state index is -0.611. The van der Waals surface area contributed by atoms with Crippen molar-refractivity contribution in [2.75, 3.05) is 6.61 Å². The number of amides is 1. The third kappa shape index (κ3) is 5.59. The van der Waals surface area contributed by atoms with Crippen molar-refractivity contribution in [3.63, 3.8) is 0 Å². The first-order valence-electron chi connectivity index (χ1n) is 6.63. The Kier molecular flexibility index (Phi) is 5.98. The number of benzene rings is 1. The van der Waals surface area contributed by atoms with E-state index in [2.05, 4.69) is 0 Å². The lowest BCUT2D eigenvalue weighted by atomic mass is 10.2. The highest BCUT2D eigenvalue weighted by molar-refractivity contribution is 5.67. The molecule has 20 heavy (non-hydrogen) atoms. The molecule has 0 heterocycles. The molecule has 1 amide bonds. The van der Waals surface area contributed by atoms with E-state index < -0.39 is 17.7 Å². The lowest BCUT2D eigenvalue weighted by Crippen LogP contribution is -2.43. The number of carbonyl (C=O) groups is 1. The number of carbonyl (C=O) groups excluding carboxylic acids is 1. The molecule has 1 aromatic carbocycles. The van der Waals surface area contributed by atoms with Gasteiger partial charge in [0.25, 0.3) is 0 Å². The maximum atomic E-state index is 12.0. The molecule has 0 aliphatic rings. The third-order valence-electron chi connectivity index (χ3n) is 2.45. The smallest absolute Gasteiger partial charge is 0.434 e. The number of hydroxylamine groups is 2. The van der Waals surface area contributed by atoms with Crippen LogP contribution in [0.2, 0.25) is 0 Å².